The summed E-state index contributed by atoms with van der Waals surface area (Å²) in [4.78, 5) is 8.26. The van der Waals surface area contributed by atoms with Gasteiger partial charge >= 0.3 is 0 Å². The number of rotatable bonds is 4. The van der Waals surface area contributed by atoms with Crippen LogP contribution in [0.15, 0.2) is 47.8 Å². The minimum atomic E-state index is -0.0469. The van der Waals surface area contributed by atoms with Gasteiger partial charge in [-0.3, -0.25) is 5.43 Å². The predicted molar refractivity (Wildman–Crippen MR) is 80.9 cm³/mol. The Morgan fingerprint density at radius 2 is 1.90 bits per heavy atom. The second-order valence-corrected chi connectivity index (χ2v) is 4.14. The molecule has 0 aliphatic heterocycles. The Kier molecular flexibility index (Phi) is 4.32. The first-order valence-electron chi connectivity index (χ1n) is 5.62. The molecule has 0 unspecified atom stereocenters. The Bertz CT molecular complexity index is 672. The number of nitriles is 1. The largest absolute Gasteiger partial charge is 0.387 e. The van der Waals surface area contributed by atoms with Crippen LogP contribution in [0.4, 0.5) is 5.69 Å². The third kappa shape index (κ3) is 3.34. The Hall–Kier alpha value is -2.85. The fourth-order valence-electron chi connectivity index (χ4n) is 1.40. The second-order valence-electron chi connectivity index (χ2n) is 3.70. The lowest BCUT2D eigenvalue weighted by atomic mass is 10.2. The molecule has 0 bridgehead atoms. The minimum Gasteiger partial charge on any atom is -0.387 e. The van der Waals surface area contributed by atoms with Crippen molar-refractivity contribution in [2.45, 2.75) is 0 Å². The van der Waals surface area contributed by atoms with Crippen LogP contribution in [0.25, 0.3) is 11.4 Å². The number of hydrogen-bond donors (Lipinski definition) is 2. The van der Waals surface area contributed by atoms with E-state index in [1.165, 1.54) is 0 Å². The molecule has 2 rings (SSSR count). The van der Waals surface area contributed by atoms with Crippen LogP contribution in [0.1, 0.15) is 0 Å². The molecule has 0 aliphatic carbocycles. The van der Waals surface area contributed by atoms with Crippen LogP contribution in [0.5, 0.6) is 0 Å². The summed E-state index contributed by atoms with van der Waals surface area (Å²) in [5.41, 5.74) is 9.61. The van der Waals surface area contributed by atoms with Crippen molar-refractivity contribution in [1.82, 2.24) is 9.97 Å². The molecule has 98 valence electrons. The first kappa shape index (κ1) is 13.6. The molecule has 3 N–H and O–H groups in total. The lowest BCUT2D eigenvalue weighted by Gasteiger charge is -2.03. The Balaban J connectivity index is 2.14. The van der Waals surface area contributed by atoms with Gasteiger partial charge in [0.25, 0.3) is 0 Å². The Morgan fingerprint density at radius 3 is 2.45 bits per heavy atom. The summed E-state index contributed by atoms with van der Waals surface area (Å²) in [6, 6.07) is 10.9. The lowest BCUT2D eigenvalue weighted by Crippen LogP contribution is -2.20. The van der Waals surface area contributed by atoms with E-state index in [0.29, 0.717) is 11.5 Å². The standard InChI is InChI=1S/C13H10N6S/c14-8-11(12(15)20)19-18-10-4-2-9(3-5-10)13-16-6-1-7-17-13/h1-7,18H,(H2,15,20)/b19-11+. The van der Waals surface area contributed by atoms with E-state index < -0.39 is 0 Å². The van der Waals surface area contributed by atoms with Crippen molar-refractivity contribution in [1.29, 1.82) is 5.26 Å². The number of thiocarbonyl (C=S) groups is 1. The van der Waals surface area contributed by atoms with Crippen molar-refractivity contribution in [3.63, 3.8) is 0 Å². The number of nitrogens with zero attached hydrogens (tertiary/aromatic N) is 4. The number of aromatic nitrogens is 2. The molecule has 0 atom stereocenters. The highest BCUT2D eigenvalue weighted by Gasteiger charge is 2.02. The zero-order chi connectivity index (χ0) is 14.4. The topological polar surface area (TPSA) is 100.0 Å². The van der Waals surface area contributed by atoms with Gasteiger partial charge in [-0.05, 0) is 30.3 Å². The van der Waals surface area contributed by atoms with Crippen LogP contribution in [0, 0.1) is 11.3 Å². The number of nitrogens with one attached hydrogen (secondary N) is 1. The van der Waals surface area contributed by atoms with E-state index >= 15 is 0 Å². The third-order valence-corrected chi connectivity index (χ3v) is 2.54. The van der Waals surface area contributed by atoms with Gasteiger partial charge in [0.2, 0.25) is 0 Å². The summed E-state index contributed by atoms with van der Waals surface area (Å²) in [5, 5.41) is 12.6. The van der Waals surface area contributed by atoms with E-state index in [1.54, 1.807) is 30.6 Å². The zero-order valence-corrected chi connectivity index (χ0v) is 11.1. The number of hydrazone groups is 1. The van der Waals surface area contributed by atoms with Crippen molar-refractivity contribution in [3.05, 3.63) is 42.7 Å². The van der Waals surface area contributed by atoms with Gasteiger partial charge in [-0.25, -0.2) is 9.97 Å². The minimum absolute atomic E-state index is 0.0181. The summed E-state index contributed by atoms with van der Waals surface area (Å²) in [6.45, 7) is 0. The first-order valence-corrected chi connectivity index (χ1v) is 6.02. The molecule has 0 spiro atoms. The first-order chi connectivity index (χ1) is 9.70. The normalized spacial score (nSPS) is 10.7. The quantitative estimate of drug-likeness (QED) is 0.503. The molecular weight excluding hydrogens is 272 g/mol. The van der Waals surface area contributed by atoms with Crippen LogP contribution < -0.4 is 11.2 Å². The van der Waals surface area contributed by atoms with Gasteiger partial charge in [-0.15, -0.1) is 0 Å². The van der Waals surface area contributed by atoms with E-state index in [4.69, 9.17) is 11.0 Å². The fourth-order valence-corrected chi connectivity index (χ4v) is 1.49. The molecule has 1 aromatic heterocycles. The van der Waals surface area contributed by atoms with Crippen molar-refractivity contribution in [2.24, 2.45) is 10.8 Å². The summed E-state index contributed by atoms with van der Waals surface area (Å²) in [6.07, 6.45) is 3.36. The molecule has 6 nitrogen and oxygen atoms in total. The summed E-state index contributed by atoms with van der Waals surface area (Å²) in [7, 11) is 0. The Labute approximate surface area is 121 Å². The number of benzene rings is 1. The molecule has 0 saturated carbocycles. The van der Waals surface area contributed by atoms with Gasteiger partial charge in [0.05, 0.1) is 5.69 Å². The molecule has 0 radical (unpaired) electrons. The van der Waals surface area contributed by atoms with E-state index in [1.807, 2.05) is 18.2 Å². The second kappa shape index (κ2) is 6.36. The maximum absolute atomic E-state index is 8.76. The zero-order valence-electron chi connectivity index (χ0n) is 10.3. The summed E-state index contributed by atoms with van der Waals surface area (Å²) in [5.74, 6) is 0.642. The average Bonchev–Trinajstić information content (AvgIpc) is 2.49. The molecule has 0 aliphatic rings. The highest BCUT2D eigenvalue weighted by Crippen LogP contribution is 2.17. The maximum atomic E-state index is 8.76. The van der Waals surface area contributed by atoms with Crippen molar-refractivity contribution in [2.75, 3.05) is 5.43 Å². The molecule has 2 aromatic rings. The van der Waals surface area contributed by atoms with Crippen LogP contribution in [-0.2, 0) is 0 Å². The molecule has 0 fully saturated rings. The van der Waals surface area contributed by atoms with E-state index in [-0.39, 0.29) is 10.7 Å². The Morgan fingerprint density at radius 1 is 1.25 bits per heavy atom. The molecule has 0 amide bonds. The molecule has 1 aromatic carbocycles. The van der Waals surface area contributed by atoms with E-state index in [2.05, 4.69) is 32.7 Å². The molecular formula is C13H10N6S. The number of hydrogen-bond acceptors (Lipinski definition) is 6. The van der Waals surface area contributed by atoms with Gasteiger partial charge in [-0.2, -0.15) is 10.4 Å². The van der Waals surface area contributed by atoms with Crippen LogP contribution in [0.2, 0.25) is 0 Å². The summed E-state index contributed by atoms with van der Waals surface area (Å²) < 4.78 is 0. The smallest absolute Gasteiger partial charge is 0.194 e. The number of anilines is 1. The van der Waals surface area contributed by atoms with Crippen molar-refractivity contribution in [3.8, 4) is 17.5 Å². The van der Waals surface area contributed by atoms with E-state index in [0.717, 1.165) is 5.56 Å². The molecule has 7 heteroatoms. The van der Waals surface area contributed by atoms with Gasteiger partial charge in [0.15, 0.2) is 11.5 Å². The average molecular weight is 282 g/mol. The highest BCUT2D eigenvalue weighted by molar-refractivity contribution is 7.82. The van der Waals surface area contributed by atoms with Crippen molar-refractivity contribution >= 4 is 28.6 Å². The van der Waals surface area contributed by atoms with Gasteiger partial charge in [0.1, 0.15) is 11.1 Å². The SMILES string of the molecule is N#C/C(=N\Nc1ccc(-c2ncccn2)cc1)C(N)=S. The number of nitrogens with two attached hydrogens (primary N) is 1. The lowest BCUT2D eigenvalue weighted by molar-refractivity contribution is 1.18. The fraction of sp³-hybridized carbons (Fsp3) is 0. The monoisotopic (exact) mass is 282 g/mol. The van der Waals surface area contributed by atoms with Crippen LogP contribution in [0.3, 0.4) is 0 Å². The highest BCUT2D eigenvalue weighted by atomic mass is 32.1. The van der Waals surface area contributed by atoms with Gasteiger partial charge < -0.3 is 5.73 Å². The van der Waals surface area contributed by atoms with Gasteiger partial charge in [-0.1, -0.05) is 12.2 Å². The molecule has 0 saturated heterocycles. The van der Waals surface area contributed by atoms with Crippen LogP contribution >= 0.6 is 12.2 Å². The predicted octanol–water partition coefficient (Wildman–Crippen LogP) is 1.72. The molecule has 20 heavy (non-hydrogen) atoms. The van der Waals surface area contributed by atoms with E-state index in [9.17, 15) is 0 Å². The maximum Gasteiger partial charge on any atom is 0.194 e. The van der Waals surface area contributed by atoms with Crippen molar-refractivity contribution < 1.29 is 0 Å². The van der Waals surface area contributed by atoms with Gasteiger partial charge in [0, 0.05) is 18.0 Å². The molecule has 1 heterocycles. The van der Waals surface area contributed by atoms with Crippen LogP contribution in [-0.4, -0.2) is 20.7 Å². The summed E-state index contributed by atoms with van der Waals surface area (Å²) >= 11 is 4.68. The third-order valence-electron chi connectivity index (χ3n) is 2.34.